The molecule has 0 aromatic heterocycles. The summed E-state index contributed by atoms with van der Waals surface area (Å²) in [7, 11) is 0. The van der Waals surface area contributed by atoms with Crippen LogP contribution in [0.25, 0.3) is 0 Å². The molecule has 6 heteroatoms. The molecule has 118 valence electrons. The number of rotatable bonds is 5. The Morgan fingerprint density at radius 3 is 2.90 bits per heavy atom. The fourth-order valence-corrected chi connectivity index (χ4v) is 2.25. The van der Waals surface area contributed by atoms with Gasteiger partial charge in [0.15, 0.2) is 0 Å². The summed E-state index contributed by atoms with van der Waals surface area (Å²) >= 11 is 0. The molecule has 2 atom stereocenters. The van der Waals surface area contributed by atoms with Crippen LogP contribution in [0.4, 0.5) is 0 Å². The number of nitrogens with one attached hydrogen (secondary N) is 1. The molecule has 1 heterocycles. The number of ether oxygens (including phenoxy) is 2. The average Bonchev–Trinajstić information content (AvgIpc) is 2.74. The minimum atomic E-state index is -0.517. The first kappa shape index (κ1) is 17.6. The van der Waals surface area contributed by atoms with Crippen molar-refractivity contribution in [2.24, 2.45) is 5.73 Å². The fourth-order valence-electron chi connectivity index (χ4n) is 2.25. The van der Waals surface area contributed by atoms with E-state index >= 15 is 0 Å². The predicted molar refractivity (Wildman–Crippen MR) is 84.1 cm³/mol. The third-order valence-corrected chi connectivity index (χ3v) is 3.25. The molecule has 21 heavy (non-hydrogen) atoms. The molecule has 1 aromatic rings. The van der Waals surface area contributed by atoms with Gasteiger partial charge in [0, 0.05) is 24.1 Å². The molecule has 0 saturated heterocycles. The van der Waals surface area contributed by atoms with Crippen molar-refractivity contribution in [2.75, 3.05) is 6.61 Å². The maximum absolute atomic E-state index is 11.6. The Morgan fingerprint density at radius 2 is 2.29 bits per heavy atom. The van der Waals surface area contributed by atoms with Gasteiger partial charge in [-0.2, -0.15) is 0 Å². The molecule has 0 fully saturated rings. The molecular weight excluding hydrogens is 292 g/mol. The Balaban J connectivity index is 0.00000220. The largest absolute Gasteiger partial charge is 0.494 e. The van der Waals surface area contributed by atoms with E-state index in [9.17, 15) is 4.79 Å². The first-order valence-electron chi connectivity index (χ1n) is 6.99. The smallest absolute Gasteiger partial charge is 0.236 e. The molecule has 0 saturated carbocycles. The summed E-state index contributed by atoms with van der Waals surface area (Å²) in [6.07, 6.45) is 1.08. The molecule has 1 aliphatic heterocycles. The topological polar surface area (TPSA) is 73.6 Å². The predicted octanol–water partition coefficient (Wildman–Crippen LogP) is 1.79. The highest BCUT2D eigenvalue weighted by atomic mass is 35.5. The number of hydrogen-bond donors (Lipinski definition) is 2. The van der Waals surface area contributed by atoms with Crippen molar-refractivity contribution in [1.82, 2.24) is 5.32 Å². The van der Waals surface area contributed by atoms with Gasteiger partial charge in [-0.1, -0.05) is 0 Å². The molecule has 0 radical (unpaired) electrons. The summed E-state index contributed by atoms with van der Waals surface area (Å²) in [6, 6.07) is 3.44. The molecule has 0 spiro atoms. The van der Waals surface area contributed by atoms with Crippen molar-refractivity contribution in [3.05, 3.63) is 23.3 Å². The highest BCUT2D eigenvalue weighted by Crippen LogP contribution is 2.35. The lowest BCUT2D eigenvalue weighted by Crippen LogP contribution is -2.37. The maximum atomic E-state index is 11.6. The van der Waals surface area contributed by atoms with Gasteiger partial charge in [-0.3, -0.25) is 4.79 Å². The highest BCUT2D eigenvalue weighted by Gasteiger charge is 2.22. The quantitative estimate of drug-likeness (QED) is 0.869. The number of fused-ring (bicyclic) bond motifs is 1. The monoisotopic (exact) mass is 314 g/mol. The zero-order valence-corrected chi connectivity index (χ0v) is 13.5. The molecule has 1 unspecified atom stereocenters. The van der Waals surface area contributed by atoms with E-state index < -0.39 is 6.04 Å². The normalized spacial score (nSPS) is 17.2. The van der Waals surface area contributed by atoms with Gasteiger partial charge in [0.05, 0.1) is 12.6 Å². The van der Waals surface area contributed by atoms with Gasteiger partial charge in [0.25, 0.3) is 0 Å². The Hall–Kier alpha value is -1.46. The van der Waals surface area contributed by atoms with Gasteiger partial charge >= 0.3 is 0 Å². The van der Waals surface area contributed by atoms with Crippen molar-refractivity contribution in [3.63, 3.8) is 0 Å². The maximum Gasteiger partial charge on any atom is 0.236 e. The van der Waals surface area contributed by atoms with Crippen molar-refractivity contribution < 1.29 is 14.3 Å². The van der Waals surface area contributed by atoms with Crippen LogP contribution in [0.3, 0.4) is 0 Å². The number of nitrogens with two attached hydrogens (primary N) is 1. The van der Waals surface area contributed by atoms with Crippen LogP contribution in [0, 0.1) is 0 Å². The molecule has 1 aromatic carbocycles. The lowest BCUT2D eigenvalue weighted by molar-refractivity contribution is -0.122. The van der Waals surface area contributed by atoms with Gasteiger partial charge in [0.1, 0.15) is 17.6 Å². The Morgan fingerprint density at radius 1 is 1.57 bits per heavy atom. The van der Waals surface area contributed by atoms with E-state index in [0.717, 1.165) is 29.0 Å². The number of amides is 1. The zero-order valence-electron chi connectivity index (χ0n) is 12.6. The fraction of sp³-hybridized carbons (Fsp3) is 0.533. The third-order valence-electron chi connectivity index (χ3n) is 3.25. The highest BCUT2D eigenvalue weighted by molar-refractivity contribution is 5.85. The van der Waals surface area contributed by atoms with Crippen molar-refractivity contribution in [1.29, 1.82) is 0 Å². The van der Waals surface area contributed by atoms with E-state index in [2.05, 4.69) is 5.32 Å². The minimum absolute atomic E-state index is 0. The molecule has 5 nitrogen and oxygen atoms in total. The van der Waals surface area contributed by atoms with E-state index in [-0.39, 0.29) is 24.4 Å². The van der Waals surface area contributed by atoms with Crippen LogP contribution in [0.5, 0.6) is 11.5 Å². The zero-order chi connectivity index (χ0) is 14.7. The van der Waals surface area contributed by atoms with Crippen LogP contribution in [0.2, 0.25) is 0 Å². The van der Waals surface area contributed by atoms with Crippen molar-refractivity contribution in [2.45, 2.75) is 45.9 Å². The number of halogens is 1. The Bertz CT molecular complexity index is 506. The lowest BCUT2D eigenvalue weighted by atomic mass is 10.1. The number of benzene rings is 1. The lowest BCUT2D eigenvalue weighted by Gasteiger charge is -2.14. The van der Waals surface area contributed by atoms with Crippen molar-refractivity contribution in [3.8, 4) is 11.5 Å². The first-order chi connectivity index (χ1) is 9.51. The van der Waals surface area contributed by atoms with Crippen LogP contribution in [0.15, 0.2) is 12.1 Å². The summed E-state index contributed by atoms with van der Waals surface area (Å²) in [4.78, 5) is 11.6. The van der Waals surface area contributed by atoms with E-state index in [1.807, 2.05) is 26.0 Å². The van der Waals surface area contributed by atoms with E-state index in [0.29, 0.717) is 13.2 Å². The standard InChI is InChI=1S/C15H22N2O3.ClH/c1-4-19-13-6-11-5-9(2)20-14(11)7-12(13)8-17-15(18)10(3)16;/h6-7,9-10H,4-5,8,16H2,1-3H3,(H,17,18);1H/t9?,10-;/m0./s1. The van der Waals surface area contributed by atoms with Gasteiger partial charge in [-0.05, 0) is 32.9 Å². The van der Waals surface area contributed by atoms with Crippen LogP contribution < -0.4 is 20.5 Å². The van der Waals surface area contributed by atoms with E-state index in [1.54, 1.807) is 6.92 Å². The Kier molecular flexibility index (Phi) is 6.30. The SMILES string of the molecule is CCOc1cc2c(cc1CNC(=O)[C@H](C)N)OC(C)C2.Cl. The minimum Gasteiger partial charge on any atom is -0.494 e. The van der Waals surface area contributed by atoms with E-state index in [1.165, 1.54) is 0 Å². The molecule has 1 aliphatic rings. The summed E-state index contributed by atoms with van der Waals surface area (Å²) in [5.41, 5.74) is 7.60. The average molecular weight is 315 g/mol. The molecule has 0 bridgehead atoms. The van der Waals surface area contributed by atoms with Gasteiger partial charge in [0.2, 0.25) is 5.91 Å². The van der Waals surface area contributed by atoms with Gasteiger partial charge in [-0.25, -0.2) is 0 Å². The van der Waals surface area contributed by atoms with Gasteiger partial charge in [-0.15, -0.1) is 12.4 Å². The Labute approximate surface area is 131 Å². The molecular formula is C15H23ClN2O3. The van der Waals surface area contributed by atoms with E-state index in [4.69, 9.17) is 15.2 Å². The van der Waals surface area contributed by atoms with Crippen LogP contribution >= 0.6 is 12.4 Å². The van der Waals surface area contributed by atoms with Crippen LogP contribution in [0.1, 0.15) is 31.9 Å². The van der Waals surface area contributed by atoms with Crippen LogP contribution in [-0.2, 0) is 17.8 Å². The summed E-state index contributed by atoms with van der Waals surface area (Å²) in [5.74, 6) is 1.50. The molecule has 1 amide bonds. The number of carbonyl (C=O) groups is 1. The van der Waals surface area contributed by atoms with Crippen LogP contribution in [-0.4, -0.2) is 24.7 Å². The van der Waals surface area contributed by atoms with Crippen molar-refractivity contribution >= 4 is 18.3 Å². The molecule has 0 aliphatic carbocycles. The second-order valence-electron chi connectivity index (χ2n) is 5.14. The molecule has 3 N–H and O–H groups in total. The summed E-state index contributed by atoms with van der Waals surface area (Å²) in [5, 5.41) is 2.80. The second-order valence-corrected chi connectivity index (χ2v) is 5.14. The summed E-state index contributed by atoms with van der Waals surface area (Å²) < 4.78 is 11.4. The van der Waals surface area contributed by atoms with Gasteiger partial charge < -0.3 is 20.5 Å². The summed E-state index contributed by atoms with van der Waals surface area (Å²) in [6.45, 7) is 6.62. The first-order valence-corrected chi connectivity index (χ1v) is 6.99. The number of hydrogen-bond acceptors (Lipinski definition) is 4. The second kappa shape index (κ2) is 7.52. The number of carbonyl (C=O) groups excluding carboxylic acids is 1. The third kappa shape index (κ3) is 4.25. The molecule has 2 rings (SSSR count).